The molecular weight excluding hydrogens is 502 g/mol. The van der Waals surface area contributed by atoms with Gasteiger partial charge in [-0.3, -0.25) is 4.79 Å². The van der Waals surface area contributed by atoms with Crippen LogP contribution in [0.1, 0.15) is 52.9 Å². The molecule has 1 saturated heterocycles. The van der Waals surface area contributed by atoms with Crippen LogP contribution in [0.25, 0.3) is 0 Å². The van der Waals surface area contributed by atoms with Crippen molar-refractivity contribution in [1.29, 1.82) is 0 Å². The van der Waals surface area contributed by atoms with Gasteiger partial charge < -0.3 is 19.5 Å². The third-order valence-corrected chi connectivity index (χ3v) is 9.76. The highest BCUT2D eigenvalue weighted by Crippen LogP contribution is 2.50. The fraction of sp³-hybridized carbons (Fsp3) is 0.538. The predicted molar refractivity (Wildman–Crippen MR) is 141 cm³/mol. The smallest absolute Gasteiger partial charge is 0.341 e. The lowest BCUT2D eigenvalue weighted by Gasteiger charge is -2.47. The van der Waals surface area contributed by atoms with Gasteiger partial charge in [-0.2, -0.15) is 0 Å². The molecule has 0 spiro atoms. The Kier molecular flexibility index (Phi) is 9.52. The van der Waals surface area contributed by atoms with E-state index in [1.807, 2.05) is 42.2 Å². The molecule has 2 aliphatic heterocycles. The van der Waals surface area contributed by atoms with Crippen molar-refractivity contribution in [2.75, 3.05) is 29.6 Å². The van der Waals surface area contributed by atoms with Crippen molar-refractivity contribution in [2.24, 2.45) is 5.41 Å². The van der Waals surface area contributed by atoms with Crippen LogP contribution >= 0.6 is 11.8 Å². The lowest BCUT2D eigenvalue weighted by Crippen LogP contribution is -2.50. The highest BCUT2D eigenvalue weighted by atomic mass is 32.2. The van der Waals surface area contributed by atoms with Gasteiger partial charge in [0.1, 0.15) is 4.91 Å². The normalized spacial score (nSPS) is 23.0. The maximum Gasteiger partial charge on any atom is 0.341 e. The molecule has 3 rings (SSSR count). The minimum absolute atomic E-state index is 0.0132. The number of rotatable bonds is 12. The van der Waals surface area contributed by atoms with E-state index in [9.17, 15) is 23.1 Å². The summed E-state index contributed by atoms with van der Waals surface area (Å²) in [7, 11) is -3.80. The van der Waals surface area contributed by atoms with Crippen LogP contribution in [-0.4, -0.2) is 56.2 Å². The number of aliphatic carboxylic acids is 1. The molecule has 36 heavy (non-hydrogen) atoms. The zero-order chi connectivity index (χ0) is 26.3. The van der Waals surface area contributed by atoms with E-state index < -0.39 is 39.8 Å². The highest BCUT2D eigenvalue weighted by Gasteiger charge is 2.50. The first-order chi connectivity index (χ1) is 17.2. The van der Waals surface area contributed by atoms with Gasteiger partial charge in [0.2, 0.25) is 0 Å². The Morgan fingerprint density at radius 3 is 2.53 bits per heavy atom. The van der Waals surface area contributed by atoms with Gasteiger partial charge in [-0.25, -0.2) is 13.2 Å². The number of para-hydroxylation sites is 1. The second-order valence-electron chi connectivity index (χ2n) is 9.14. The number of carboxylic acids is 1. The third-order valence-electron chi connectivity index (χ3n) is 6.66. The summed E-state index contributed by atoms with van der Waals surface area (Å²) in [5, 5.41) is 9.29. The van der Waals surface area contributed by atoms with Crippen molar-refractivity contribution in [2.45, 2.75) is 58.9 Å². The van der Waals surface area contributed by atoms with E-state index in [1.165, 1.54) is 0 Å². The van der Waals surface area contributed by atoms with Crippen LogP contribution in [0.4, 0.5) is 5.69 Å². The quantitative estimate of drug-likeness (QED) is 0.378. The number of sulfone groups is 1. The van der Waals surface area contributed by atoms with Crippen molar-refractivity contribution in [3.63, 3.8) is 0 Å². The van der Waals surface area contributed by atoms with E-state index in [-0.39, 0.29) is 28.8 Å². The molecule has 1 aromatic carbocycles. The van der Waals surface area contributed by atoms with E-state index >= 15 is 0 Å². The van der Waals surface area contributed by atoms with Gasteiger partial charge in [0.15, 0.2) is 22.2 Å². The zero-order valence-corrected chi connectivity index (χ0v) is 22.7. The number of hydrogen-bond acceptors (Lipinski definition) is 8. The van der Waals surface area contributed by atoms with Crippen LogP contribution in [0, 0.1) is 5.41 Å². The fourth-order valence-corrected chi connectivity index (χ4v) is 8.29. The molecule has 2 unspecified atom stereocenters. The van der Waals surface area contributed by atoms with Crippen molar-refractivity contribution >= 4 is 39.2 Å². The summed E-state index contributed by atoms with van der Waals surface area (Å²) in [5.41, 5.74) is 0.418. The molecule has 10 heteroatoms. The Labute approximate surface area is 217 Å². The first kappa shape index (κ1) is 28.1. The molecular formula is C26H35NO7S2. The summed E-state index contributed by atoms with van der Waals surface area (Å²) >= 11 is 1.08. The summed E-state index contributed by atoms with van der Waals surface area (Å²) in [6.45, 7) is 5.38. The van der Waals surface area contributed by atoms with E-state index in [0.717, 1.165) is 43.1 Å². The van der Waals surface area contributed by atoms with Gasteiger partial charge in [-0.15, -0.1) is 11.8 Å². The predicted octanol–water partition coefficient (Wildman–Crippen LogP) is 4.73. The van der Waals surface area contributed by atoms with E-state index in [4.69, 9.17) is 9.47 Å². The van der Waals surface area contributed by atoms with Crippen LogP contribution < -0.4 is 4.90 Å². The fourth-order valence-electron chi connectivity index (χ4n) is 4.89. The van der Waals surface area contributed by atoms with Crippen molar-refractivity contribution < 1.29 is 32.6 Å². The summed E-state index contributed by atoms with van der Waals surface area (Å²) < 4.78 is 38.6. The summed E-state index contributed by atoms with van der Waals surface area (Å²) in [4.78, 5) is 25.9. The average molecular weight is 538 g/mol. The van der Waals surface area contributed by atoms with Crippen molar-refractivity contribution in [3.8, 4) is 0 Å². The Balaban J connectivity index is 2.15. The SMILES string of the molecule is CCCCC1(CC)CC2C(=C(OCC(=O)O)C(SCC(=O)OCC)=CN2c2ccccc2)S(=O)(=O)C1. The first-order valence-corrected chi connectivity index (χ1v) is 15.0. The number of hydrogen-bond donors (Lipinski definition) is 1. The number of ether oxygens (including phenoxy) is 2. The van der Waals surface area contributed by atoms with E-state index in [1.54, 1.807) is 13.1 Å². The Morgan fingerprint density at radius 1 is 1.19 bits per heavy atom. The second kappa shape index (κ2) is 12.2. The molecule has 1 N–H and O–H groups in total. The molecule has 1 aromatic rings. The Hall–Kier alpha value is -2.46. The average Bonchev–Trinajstić information content (AvgIpc) is 2.85. The molecule has 0 amide bonds. The molecule has 0 aromatic heterocycles. The lowest BCUT2D eigenvalue weighted by molar-refractivity contribution is -0.141. The van der Waals surface area contributed by atoms with Gasteiger partial charge in [0.25, 0.3) is 0 Å². The van der Waals surface area contributed by atoms with E-state index in [0.29, 0.717) is 11.3 Å². The molecule has 0 bridgehead atoms. The molecule has 1 fully saturated rings. The molecule has 198 valence electrons. The van der Waals surface area contributed by atoms with Gasteiger partial charge in [-0.1, -0.05) is 44.9 Å². The number of esters is 1. The molecule has 0 saturated carbocycles. The number of thioether (sulfide) groups is 1. The van der Waals surface area contributed by atoms with Gasteiger partial charge in [-0.05, 0) is 43.7 Å². The van der Waals surface area contributed by atoms with Crippen LogP contribution in [0.2, 0.25) is 0 Å². The maximum absolute atomic E-state index is 13.9. The molecule has 8 nitrogen and oxygen atoms in total. The zero-order valence-electron chi connectivity index (χ0n) is 21.1. The lowest BCUT2D eigenvalue weighted by atomic mass is 9.75. The third kappa shape index (κ3) is 6.45. The Morgan fingerprint density at radius 2 is 1.92 bits per heavy atom. The molecule has 2 aliphatic rings. The minimum atomic E-state index is -3.80. The van der Waals surface area contributed by atoms with Crippen LogP contribution in [0.3, 0.4) is 0 Å². The molecule has 2 heterocycles. The molecule has 0 radical (unpaired) electrons. The number of anilines is 1. The Bertz CT molecular complexity index is 1110. The van der Waals surface area contributed by atoms with Crippen LogP contribution in [-0.2, 0) is 28.9 Å². The summed E-state index contributed by atoms with van der Waals surface area (Å²) in [5.74, 6) is -1.70. The number of unbranched alkanes of at least 4 members (excludes halogenated alkanes) is 1. The number of nitrogens with zero attached hydrogens (tertiary/aromatic N) is 1. The van der Waals surface area contributed by atoms with Gasteiger partial charge in [0.05, 0.1) is 29.1 Å². The summed E-state index contributed by atoms with van der Waals surface area (Å²) in [6, 6.07) is 8.93. The van der Waals surface area contributed by atoms with Gasteiger partial charge in [0, 0.05) is 11.9 Å². The van der Waals surface area contributed by atoms with Crippen LogP contribution in [0.15, 0.2) is 52.1 Å². The molecule has 0 aliphatic carbocycles. The first-order valence-electron chi connectivity index (χ1n) is 12.3. The van der Waals surface area contributed by atoms with Crippen molar-refractivity contribution in [3.05, 3.63) is 52.1 Å². The van der Waals surface area contributed by atoms with Crippen molar-refractivity contribution in [1.82, 2.24) is 0 Å². The minimum Gasteiger partial charge on any atom is -0.480 e. The summed E-state index contributed by atoms with van der Waals surface area (Å²) in [6.07, 6.45) is 5.80. The maximum atomic E-state index is 13.9. The van der Waals surface area contributed by atoms with Crippen LogP contribution in [0.5, 0.6) is 0 Å². The molecule has 2 atom stereocenters. The number of carbonyl (C=O) groups is 2. The standard InChI is InChI=1S/C26H35NO7S2/c1-4-7-13-26(5-2)14-20-25(36(31,32)18-26)24(34-16-22(28)29)21(35-17-23(30)33-6-3)15-27(20)19-11-9-8-10-12-19/h8-12,15,20H,4-7,13-14,16-18H2,1-3H3,(H,28,29). The largest absolute Gasteiger partial charge is 0.480 e. The number of fused-ring (bicyclic) bond motifs is 1. The topological polar surface area (TPSA) is 110 Å². The monoisotopic (exact) mass is 537 g/mol. The second-order valence-corrected chi connectivity index (χ2v) is 12.1. The van der Waals surface area contributed by atoms with E-state index in [2.05, 4.69) is 6.92 Å². The highest BCUT2D eigenvalue weighted by molar-refractivity contribution is 8.04. The van der Waals surface area contributed by atoms with Gasteiger partial charge >= 0.3 is 11.9 Å². The number of carboxylic acid groups (broad SMARTS) is 1. The number of carbonyl (C=O) groups excluding carboxylic acids is 1. The number of benzene rings is 1.